The second kappa shape index (κ2) is 6.63. The zero-order valence-electron chi connectivity index (χ0n) is 14.2. The van der Waals surface area contributed by atoms with Crippen molar-refractivity contribution in [3.8, 4) is 0 Å². The molecule has 130 valence electrons. The summed E-state index contributed by atoms with van der Waals surface area (Å²) >= 11 is 1.37. The van der Waals surface area contributed by atoms with Crippen LogP contribution in [-0.4, -0.2) is 34.2 Å². The lowest BCUT2D eigenvalue weighted by Crippen LogP contribution is -2.36. The third-order valence-electron chi connectivity index (χ3n) is 5.09. The Balaban J connectivity index is 1.74. The van der Waals surface area contributed by atoms with Crippen LogP contribution in [0.15, 0.2) is 5.38 Å². The molecule has 2 heterocycles. The van der Waals surface area contributed by atoms with Crippen LogP contribution in [0.4, 0.5) is 5.13 Å². The van der Waals surface area contributed by atoms with Gasteiger partial charge < -0.3 is 0 Å². The average Bonchev–Trinajstić information content (AvgIpc) is 3.08. The van der Waals surface area contributed by atoms with Crippen molar-refractivity contribution in [1.29, 1.82) is 0 Å². The van der Waals surface area contributed by atoms with Crippen LogP contribution in [0, 0.1) is 5.41 Å². The minimum Gasteiger partial charge on any atom is -0.289 e. The number of likely N-dealkylation sites (tertiary alicyclic amines) is 1. The Kier molecular flexibility index (Phi) is 4.71. The number of amides is 3. The van der Waals surface area contributed by atoms with Gasteiger partial charge in [0.1, 0.15) is 0 Å². The topological polar surface area (TPSA) is 70.6 Å². The maximum Gasteiger partial charge on any atom is 0.236 e. The lowest BCUT2D eigenvalue weighted by molar-refractivity contribution is -0.143. The van der Waals surface area contributed by atoms with Gasteiger partial charge in [-0.25, -0.2) is 4.98 Å². The second-order valence-corrected chi connectivity index (χ2v) is 7.52. The zero-order valence-corrected chi connectivity index (χ0v) is 15.0. The standard InChI is InChI=1S/C17H23N3O3S/c1-3-19(12(2)21)16-18-13(11-24-16)10-20-14(22)9-17(15(20)23)7-5-4-6-8-17/h11H,3-10H2,1-2H3. The van der Waals surface area contributed by atoms with Crippen molar-refractivity contribution in [2.75, 3.05) is 11.4 Å². The van der Waals surface area contributed by atoms with Crippen LogP contribution in [-0.2, 0) is 20.9 Å². The van der Waals surface area contributed by atoms with Crippen molar-refractivity contribution >= 4 is 34.2 Å². The van der Waals surface area contributed by atoms with E-state index in [1.807, 2.05) is 12.3 Å². The average molecular weight is 349 g/mol. The zero-order chi connectivity index (χ0) is 17.3. The number of carbonyl (C=O) groups excluding carboxylic acids is 3. The normalized spacial score (nSPS) is 20.0. The summed E-state index contributed by atoms with van der Waals surface area (Å²) in [6.07, 6.45) is 5.19. The summed E-state index contributed by atoms with van der Waals surface area (Å²) in [5.74, 6) is -0.177. The molecule has 3 rings (SSSR count). The first kappa shape index (κ1) is 17.1. The Bertz CT molecular complexity index is 664. The monoisotopic (exact) mass is 349 g/mol. The van der Waals surface area contributed by atoms with E-state index in [1.165, 1.54) is 23.2 Å². The van der Waals surface area contributed by atoms with Crippen LogP contribution >= 0.6 is 11.3 Å². The van der Waals surface area contributed by atoms with Crippen molar-refractivity contribution in [2.24, 2.45) is 5.41 Å². The van der Waals surface area contributed by atoms with Gasteiger partial charge in [-0.3, -0.25) is 24.2 Å². The molecule has 0 radical (unpaired) electrons. The van der Waals surface area contributed by atoms with Gasteiger partial charge in [0.25, 0.3) is 0 Å². The molecule has 1 aromatic heterocycles. The number of aromatic nitrogens is 1. The number of thiazole rings is 1. The first-order valence-corrected chi connectivity index (χ1v) is 9.42. The highest BCUT2D eigenvalue weighted by Gasteiger charge is 2.51. The van der Waals surface area contributed by atoms with Gasteiger partial charge in [-0.2, -0.15) is 0 Å². The molecule has 24 heavy (non-hydrogen) atoms. The van der Waals surface area contributed by atoms with E-state index < -0.39 is 5.41 Å². The van der Waals surface area contributed by atoms with Gasteiger partial charge in [0.05, 0.1) is 17.7 Å². The molecule has 1 spiro atoms. The number of hydrogen-bond donors (Lipinski definition) is 0. The predicted molar refractivity (Wildman–Crippen MR) is 91.5 cm³/mol. The maximum atomic E-state index is 12.8. The largest absolute Gasteiger partial charge is 0.289 e. The molecule has 2 aliphatic rings. The molecule has 3 amide bonds. The molecule has 1 saturated carbocycles. The van der Waals surface area contributed by atoms with Crippen LogP contribution < -0.4 is 4.90 Å². The van der Waals surface area contributed by atoms with E-state index in [0.29, 0.717) is 23.8 Å². The second-order valence-electron chi connectivity index (χ2n) is 6.69. The highest BCUT2D eigenvalue weighted by Crippen LogP contribution is 2.45. The molecule has 0 unspecified atom stereocenters. The van der Waals surface area contributed by atoms with E-state index >= 15 is 0 Å². The summed E-state index contributed by atoms with van der Waals surface area (Å²) in [5.41, 5.74) is 0.215. The maximum absolute atomic E-state index is 12.8. The fourth-order valence-electron chi connectivity index (χ4n) is 3.79. The van der Waals surface area contributed by atoms with Crippen LogP contribution in [0.25, 0.3) is 0 Å². The van der Waals surface area contributed by atoms with Crippen LogP contribution in [0.2, 0.25) is 0 Å². The summed E-state index contributed by atoms with van der Waals surface area (Å²) in [5, 5.41) is 2.44. The van der Waals surface area contributed by atoms with E-state index in [-0.39, 0.29) is 24.3 Å². The molecular weight excluding hydrogens is 326 g/mol. The molecule has 0 aromatic carbocycles. The molecular formula is C17H23N3O3S. The van der Waals surface area contributed by atoms with Gasteiger partial charge in [-0.05, 0) is 19.8 Å². The summed E-state index contributed by atoms with van der Waals surface area (Å²) in [6, 6.07) is 0. The molecule has 0 N–H and O–H groups in total. The van der Waals surface area contributed by atoms with Gasteiger partial charge in [-0.15, -0.1) is 11.3 Å². The molecule has 0 atom stereocenters. The van der Waals surface area contributed by atoms with Crippen molar-refractivity contribution < 1.29 is 14.4 Å². The molecule has 1 aromatic rings. The first-order valence-electron chi connectivity index (χ1n) is 8.54. The number of imide groups is 1. The van der Waals surface area contributed by atoms with Crippen LogP contribution in [0.3, 0.4) is 0 Å². The minimum absolute atomic E-state index is 0.0272. The number of nitrogens with zero attached hydrogens (tertiary/aromatic N) is 3. The Hall–Kier alpha value is -1.76. The SMILES string of the molecule is CCN(C(C)=O)c1nc(CN2C(=O)CC3(CCCCC3)C2=O)cs1. The number of hydrogen-bond acceptors (Lipinski definition) is 5. The molecule has 1 saturated heterocycles. The fraction of sp³-hybridized carbons (Fsp3) is 0.647. The van der Waals surface area contributed by atoms with E-state index in [4.69, 9.17) is 0 Å². The third-order valence-corrected chi connectivity index (χ3v) is 6.00. The minimum atomic E-state index is -0.455. The van der Waals surface area contributed by atoms with Gasteiger partial charge >= 0.3 is 0 Å². The van der Waals surface area contributed by atoms with Gasteiger partial charge in [-0.1, -0.05) is 19.3 Å². The summed E-state index contributed by atoms with van der Waals surface area (Å²) in [6.45, 7) is 4.16. The Labute approximate surface area is 145 Å². The van der Waals surface area contributed by atoms with Crippen molar-refractivity contribution in [3.05, 3.63) is 11.1 Å². The Morgan fingerprint density at radius 2 is 2.04 bits per heavy atom. The fourth-order valence-corrected chi connectivity index (χ4v) is 4.71. The van der Waals surface area contributed by atoms with Crippen molar-refractivity contribution in [3.63, 3.8) is 0 Å². The van der Waals surface area contributed by atoms with Crippen molar-refractivity contribution in [1.82, 2.24) is 9.88 Å². The third kappa shape index (κ3) is 2.97. The lowest BCUT2D eigenvalue weighted by Gasteiger charge is -2.30. The highest BCUT2D eigenvalue weighted by atomic mass is 32.1. The smallest absolute Gasteiger partial charge is 0.236 e. The van der Waals surface area contributed by atoms with E-state index in [0.717, 1.165) is 32.1 Å². The number of carbonyl (C=O) groups is 3. The molecule has 2 fully saturated rings. The van der Waals surface area contributed by atoms with E-state index in [2.05, 4.69) is 4.98 Å². The number of anilines is 1. The Morgan fingerprint density at radius 3 is 2.67 bits per heavy atom. The molecule has 1 aliphatic heterocycles. The molecule has 7 heteroatoms. The van der Waals surface area contributed by atoms with Crippen LogP contribution in [0.5, 0.6) is 0 Å². The summed E-state index contributed by atoms with van der Waals surface area (Å²) in [7, 11) is 0. The van der Waals surface area contributed by atoms with Crippen molar-refractivity contribution in [2.45, 2.75) is 58.9 Å². The predicted octanol–water partition coefficient (Wildman–Crippen LogP) is 2.73. The van der Waals surface area contributed by atoms with Gasteiger partial charge in [0, 0.05) is 25.3 Å². The van der Waals surface area contributed by atoms with E-state index in [1.54, 1.807) is 4.90 Å². The lowest BCUT2D eigenvalue weighted by atomic mass is 9.73. The van der Waals surface area contributed by atoms with Gasteiger partial charge in [0.15, 0.2) is 5.13 Å². The highest BCUT2D eigenvalue weighted by molar-refractivity contribution is 7.14. The number of rotatable bonds is 4. The van der Waals surface area contributed by atoms with Crippen LogP contribution in [0.1, 0.15) is 58.1 Å². The van der Waals surface area contributed by atoms with Gasteiger partial charge in [0.2, 0.25) is 17.7 Å². The Morgan fingerprint density at radius 1 is 1.33 bits per heavy atom. The quantitative estimate of drug-likeness (QED) is 0.784. The molecule has 0 bridgehead atoms. The molecule has 6 nitrogen and oxygen atoms in total. The summed E-state index contributed by atoms with van der Waals surface area (Å²) in [4.78, 5) is 44.2. The molecule has 1 aliphatic carbocycles. The van der Waals surface area contributed by atoms with E-state index in [9.17, 15) is 14.4 Å². The first-order chi connectivity index (χ1) is 11.5. The summed E-state index contributed by atoms with van der Waals surface area (Å²) < 4.78 is 0.